The van der Waals surface area contributed by atoms with Crippen molar-refractivity contribution in [2.75, 3.05) is 20.3 Å². The van der Waals surface area contributed by atoms with Crippen molar-refractivity contribution in [3.05, 3.63) is 23.8 Å². The van der Waals surface area contributed by atoms with Crippen LogP contribution in [0.1, 0.15) is 39.7 Å². The van der Waals surface area contributed by atoms with Gasteiger partial charge < -0.3 is 19.7 Å². The minimum Gasteiger partial charge on any atom is -0.497 e. The van der Waals surface area contributed by atoms with Gasteiger partial charge in [-0.25, -0.2) is 0 Å². The molecule has 0 amide bonds. The number of rotatable bonds is 6. The molecule has 2 N–H and O–H groups in total. The third-order valence-electron chi connectivity index (χ3n) is 3.23. The minimum absolute atomic E-state index is 0.0661. The van der Waals surface area contributed by atoms with E-state index in [1.165, 1.54) is 0 Å². The summed E-state index contributed by atoms with van der Waals surface area (Å²) in [5, 5.41) is 18.8. The molecule has 0 aliphatic rings. The Morgan fingerprint density at radius 2 is 1.80 bits per heavy atom. The Morgan fingerprint density at radius 3 is 2.30 bits per heavy atom. The number of aliphatic hydroxyl groups is 2. The van der Waals surface area contributed by atoms with Gasteiger partial charge in [0.05, 0.1) is 25.9 Å². The molecule has 0 aliphatic carbocycles. The van der Waals surface area contributed by atoms with E-state index in [9.17, 15) is 5.11 Å². The zero-order valence-electron chi connectivity index (χ0n) is 13.1. The van der Waals surface area contributed by atoms with Crippen molar-refractivity contribution in [2.24, 2.45) is 0 Å². The minimum atomic E-state index is -1.10. The quantitative estimate of drug-likeness (QED) is 0.841. The van der Waals surface area contributed by atoms with Gasteiger partial charge in [-0.1, -0.05) is 20.8 Å². The first-order valence-electron chi connectivity index (χ1n) is 6.84. The Balaban J connectivity index is 2.84. The Morgan fingerprint density at radius 1 is 1.15 bits per heavy atom. The van der Waals surface area contributed by atoms with Crippen molar-refractivity contribution in [1.82, 2.24) is 0 Å². The second-order valence-electron chi connectivity index (χ2n) is 6.37. The van der Waals surface area contributed by atoms with Crippen molar-refractivity contribution in [1.29, 1.82) is 0 Å². The molecule has 1 atom stereocenters. The van der Waals surface area contributed by atoms with Crippen LogP contribution in [0.2, 0.25) is 0 Å². The number of ether oxygens (including phenoxy) is 2. The number of aliphatic hydroxyl groups excluding tert-OH is 1. The van der Waals surface area contributed by atoms with Crippen LogP contribution in [0.5, 0.6) is 11.5 Å². The molecule has 0 saturated carbocycles. The summed E-state index contributed by atoms with van der Waals surface area (Å²) in [5.41, 5.74) is -0.113. The lowest BCUT2D eigenvalue weighted by molar-refractivity contribution is -0.0140. The van der Waals surface area contributed by atoms with E-state index in [-0.39, 0.29) is 12.0 Å². The van der Waals surface area contributed by atoms with Crippen LogP contribution in [0.15, 0.2) is 18.2 Å². The zero-order chi connectivity index (χ0) is 15.4. The summed E-state index contributed by atoms with van der Waals surface area (Å²) in [4.78, 5) is 0. The third kappa shape index (κ3) is 4.69. The maximum absolute atomic E-state index is 9.76. The van der Waals surface area contributed by atoms with Gasteiger partial charge in [0.25, 0.3) is 0 Å². The average Bonchev–Trinajstić information content (AvgIpc) is 2.37. The molecule has 0 aromatic heterocycles. The van der Waals surface area contributed by atoms with Gasteiger partial charge in [-0.05, 0) is 30.5 Å². The van der Waals surface area contributed by atoms with Crippen LogP contribution in [-0.2, 0) is 5.41 Å². The first-order valence-corrected chi connectivity index (χ1v) is 6.84. The largest absolute Gasteiger partial charge is 0.497 e. The lowest BCUT2D eigenvalue weighted by Gasteiger charge is -2.25. The summed E-state index contributed by atoms with van der Waals surface area (Å²) in [7, 11) is 1.64. The molecular weight excluding hydrogens is 256 g/mol. The van der Waals surface area contributed by atoms with Crippen LogP contribution >= 0.6 is 0 Å². The van der Waals surface area contributed by atoms with Crippen molar-refractivity contribution in [3.63, 3.8) is 0 Å². The molecule has 0 spiro atoms. The smallest absolute Gasteiger partial charge is 0.123 e. The van der Waals surface area contributed by atoms with Gasteiger partial charge in [-0.15, -0.1) is 0 Å². The van der Waals surface area contributed by atoms with E-state index in [4.69, 9.17) is 14.6 Å². The summed E-state index contributed by atoms with van der Waals surface area (Å²) in [6, 6.07) is 5.71. The van der Waals surface area contributed by atoms with Gasteiger partial charge >= 0.3 is 0 Å². The molecule has 1 rings (SSSR count). The van der Waals surface area contributed by atoms with Crippen molar-refractivity contribution in [2.45, 2.75) is 45.1 Å². The van der Waals surface area contributed by atoms with E-state index in [1.54, 1.807) is 14.0 Å². The summed E-state index contributed by atoms with van der Waals surface area (Å²) in [6.07, 6.45) is 0.374. The maximum atomic E-state index is 9.76. The van der Waals surface area contributed by atoms with E-state index < -0.39 is 5.60 Å². The number of benzene rings is 1. The normalized spacial score (nSPS) is 14.8. The molecule has 0 heterocycles. The van der Waals surface area contributed by atoms with Gasteiger partial charge in [-0.3, -0.25) is 0 Å². The average molecular weight is 282 g/mol. The van der Waals surface area contributed by atoms with E-state index in [1.807, 2.05) is 18.2 Å². The fourth-order valence-corrected chi connectivity index (χ4v) is 1.81. The van der Waals surface area contributed by atoms with Crippen LogP contribution in [0.4, 0.5) is 0 Å². The molecule has 114 valence electrons. The van der Waals surface area contributed by atoms with Crippen LogP contribution in [0.3, 0.4) is 0 Å². The molecule has 0 radical (unpaired) electrons. The monoisotopic (exact) mass is 282 g/mol. The highest BCUT2D eigenvalue weighted by atomic mass is 16.5. The lowest BCUT2D eigenvalue weighted by atomic mass is 9.86. The van der Waals surface area contributed by atoms with E-state index >= 15 is 0 Å². The van der Waals surface area contributed by atoms with Crippen LogP contribution < -0.4 is 9.47 Å². The highest BCUT2D eigenvalue weighted by molar-refractivity contribution is 5.44. The predicted octanol–water partition coefficient (Wildman–Crippen LogP) is 2.50. The first-order chi connectivity index (χ1) is 9.19. The molecule has 0 bridgehead atoms. The predicted molar refractivity (Wildman–Crippen MR) is 79.5 cm³/mol. The second-order valence-corrected chi connectivity index (χ2v) is 6.37. The number of methoxy groups -OCH3 is 1. The maximum Gasteiger partial charge on any atom is 0.123 e. The second kappa shape index (κ2) is 6.46. The third-order valence-corrected chi connectivity index (χ3v) is 3.23. The number of hydrogen-bond donors (Lipinski definition) is 2. The van der Waals surface area contributed by atoms with Crippen LogP contribution in [0, 0.1) is 0 Å². The molecule has 0 fully saturated rings. The van der Waals surface area contributed by atoms with Crippen molar-refractivity contribution >= 4 is 0 Å². The Labute approximate surface area is 121 Å². The molecule has 0 saturated heterocycles. The van der Waals surface area contributed by atoms with E-state index in [0.29, 0.717) is 13.0 Å². The SMILES string of the molecule is COc1ccc(OCC[C@](C)(O)CO)c(C(C)(C)C)c1. The highest BCUT2D eigenvalue weighted by Crippen LogP contribution is 2.34. The Kier molecular flexibility index (Phi) is 5.42. The number of hydrogen-bond acceptors (Lipinski definition) is 4. The Bertz CT molecular complexity index is 433. The van der Waals surface area contributed by atoms with Gasteiger partial charge in [0.2, 0.25) is 0 Å². The van der Waals surface area contributed by atoms with E-state index in [2.05, 4.69) is 20.8 Å². The molecule has 4 heteroatoms. The van der Waals surface area contributed by atoms with Crippen molar-refractivity contribution in [3.8, 4) is 11.5 Å². The van der Waals surface area contributed by atoms with Crippen molar-refractivity contribution < 1.29 is 19.7 Å². The topological polar surface area (TPSA) is 58.9 Å². The lowest BCUT2D eigenvalue weighted by Crippen LogP contribution is -2.31. The Hall–Kier alpha value is -1.26. The highest BCUT2D eigenvalue weighted by Gasteiger charge is 2.22. The molecule has 1 aromatic carbocycles. The molecule has 0 unspecified atom stereocenters. The fourth-order valence-electron chi connectivity index (χ4n) is 1.81. The van der Waals surface area contributed by atoms with E-state index in [0.717, 1.165) is 17.1 Å². The van der Waals surface area contributed by atoms with Gasteiger partial charge in [-0.2, -0.15) is 0 Å². The van der Waals surface area contributed by atoms with Crippen LogP contribution in [0.25, 0.3) is 0 Å². The molecule has 4 nitrogen and oxygen atoms in total. The summed E-state index contributed by atoms with van der Waals surface area (Å²) in [6.45, 7) is 8.00. The molecule has 20 heavy (non-hydrogen) atoms. The van der Waals surface area contributed by atoms with Gasteiger partial charge in [0.15, 0.2) is 0 Å². The first kappa shape index (κ1) is 16.8. The molecule has 0 aliphatic heterocycles. The fraction of sp³-hybridized carbons (Fsp3) is 0.625. The zero-order valence-corrected chi connectivity index (χ0v) is 13.1. The van der Waals surface area contributed by atoms with Crippen LogP contribution in [-0.4, -0.2) is 36.1 Å². The summed E-state index contributed by atoms with van der Waals surface area (Å²) < 4.78 is 11.0. The molecular formula is C16H26O4. The molecule has 1 aromatic rings. The standard InChI is InChI=1S/C16H26O4/c1-15(2,3)13-10-12(19-5)6-7-14(13)20-9-8-16(4,18)11-17/h6-7,10,17-18H,8-9,11H2,1-5H3/t16-/m0/s1. The van der Waals surface area contributed by atoms with Gasteiger partial charge in [0, 0.05) is 12.0 Å². The summed E-state index contributed by atoms with van der Waals surface area (Å²) >= 11 is 0. The van der Waals surface area contributed by atoms with Gasteiger partial charge in [0.1, 0.15) is 11.5 Å². The summed E-state index contributed by atoms with van der Waals surface area (Å²) in [5.74, 6) is 1.58.